The molecule has 1 saturated heterocycles. The zero-order valence-corrected chi connectivity index (χ0v) is 6.38. The number of hydrogen-bond acceptors (Lipinski definition) is 3. The predicted molar refractivity (Wildman–Crippen MR) is 40.9 cm³/mol. The molecule has 3 heteroatoms. The number of nitrogens with one attached hydrogen (secondary N) is 1. The van der Waals surface area contributed by atoms with Gasteiger partial charge < -0.3 is 15.5 Å². The van der Waals surface area contributed by atoms with Gasteiger partial charge in [0.15, 0.2) is 0 Å². The number of aliphatic hydroxyl groups excluding tert-OH is 1. The molecule has 0 aromatic carbocycles. The van der Waals surface area contributed by atoms with Crippen LogP contribution in [0.1, 0.15) is 19.3 Å². The Labute approximate surface area is 65.7 Å². The topological polar surface area (TPSA) is 52.5 Å². The van der Waals surface area contributed by atoms with E-state index < -0.39 is 11.7 Å². The molecule has 3 nitrogen and oxygen atoms in total. The summed E-state index contributed by atoms with van der Waals surface area (Å²) in [6.45, 7) is 0.773. The first-order chi connectivity index (χ1) is 5.23. The molecule has 0 saturated carbocycles. The first kappa shape index (κ1) is 7.13. The van der Waals surface area contributed by atoms with E-state index in [0.717, 1.165) is 18.7 Å². The van der Waals surface area contributed by atoms with Crippen LogP contribution in [0, 0.1) is 0 Å². The van der Waals surface area contributed by atoms with E-state index in [9.17, 15) is 10.2 Å². The van der Waals surface area contributed by atoms with Gasteiger partial charge >= 0.3 is 0 Å². The summed E-state index contributed by atoms with van der Waals surface area (Å²) in [5.41, 5.74) is -0.116. The Morgan fingerprint density at radius 1 is 1.64 bits per heavy atom. The van der Waals surface area contributed by atoms with E-state index in [-0.39, 0.29) is 0 Å². The number of allylic oxidation sites excluding steroid dienone is 1. The Morgan fingerprint density at radius 3 is 3.18 bits per heavy atom. The van der Waals surface area contributed by atoms with Crippen molar-refractivity contribution in [2.75, 3.05) is 6.54 Å². The lowest BCUT2D eigenvalue weighted by molar-refractivity contribution is -0.0642. The highest BCUT2D eigenvalue weighted by Crippen LogP contribution is 2.35. The van der Waals surface area contributed by atoms with Crippen molar-refractivity contribution in [2.24, 2.45) is 0 Å². The minimum absolute atomic E-state index is 0.572. The standard InChI is InChI=1S/C8H13NO2/c10-7-3-5-9-6-2-1-4-8(6,7)11/h2,7,9-11H,1,3-5H2. The third-order valence-corrected chi connectivity index (χ3v) is 2.62. The van der Waals surface area contributed by atoms with Gasteiger partial charge in [-0.3, -0.25) is 0 Å². The highest BCUT2D eigenvalue weighted by atomic mass is 16.3. The summed E-state index contributed by atoms with van der Waals surface area (Å²) in [4.78, 5) is 0. The van der Waals surface area contributed by atoms with Crippen molar-refractivity contribution in [1.82, 2.24) is 5.32 Å². The first-order valence-corrected chi connectivity index (χ1v) is 4.08. The summed E-state index contributed by atoms with van der Waals surface area (Å²) in [6, 6.07) is 0. The molecule has 0 bridgehead atoms. The van der Waals surface area contributed by atoms with Crippen molar-refractivity contribution in [3.63, 3.8) is 0 Å². The van der Waals surface area contributed by atoms with Gasteiger partial charge in [0.2, 0.25) is 0 Å². The highest BCUT2D eigenvalue weighted by Gasteiger charge is 2.43. The van der Waals surface area contributed by atoms with E-state index in [4.69, 9.17) is 0 Å². The van der Waals surface area contributed by atoms with Crippen LogP contribution in [0.2, 0.25) is 0 Å². The van der Waals surface area contributed by atoms with Crippen LogP contribution in [0.4, 0.5) is 0 Å². The lowest BCUT2D eigenvalue weighted by atomic mass is 9.88. The van der Waals surface area contributed by atoms with Gasteiger partial charge in [0.1, 0.15) is 5.60 Å². The van der Waals surface area contributed by atoms with Gasteiger partial charge in [-0.2, -0.15) is 0 Å². The smallest absolute Gasteiger partial charge is 0.130 e. The van der Waals surface area contributed by atoms with Crippen LogP contribution in [-0.4, -0.2) is 28.5 Å². The van der Waals surface area contributed by atoms with Crippen molar-refractivity contribution in [3.05, 3.63) is 11.8 Å². The molecule has 2 atom stereocenters. The zero-order valence-electron chi connectivity index (χ0n) is 6.38. The SMILES string of the molecule is OC1CCNC2=CCCC21O. The molecular formula is C8H13NO2. The molecule has 1 aliphatic carbocycles. The third kappa shape index (κ3) is 0.880. The van der Waals surface area contributed by atoms with Gasteiger partial charge in [-0.1, -0.05) is 6.08 Å². The van der Waals surface area contributed by atoms with Crippen LogP contribution in [-0.2, 0) is 0 Å². The van der Waals surface area contributed by atoms with Gasteiger partial charge in [0, 0.05) is 12.2 Å². The fourth-order valence-corrected chi connectivity index (χ4v) is 1.90. The molecule has 2 unspecified atom stereocenters. The second-order valence-electron chi connectivity index (χ2n) is 3.31. The quantitative estimate of drug-likeness (QED) is 0.452. The minimum Gasteiger partial charge on any atom is -0.390 e. The molecule has 0 radical (unpaired) electrons. The summed E-state index contributed by atoms with van der Waals surface area (Å²) in [6.07, 6.45) is 3.58. The van der Waals surface area contributed by atoms with E-state index in [1.165, 1.54) is 0 Å². The van der Waals surface area contributed by atoms with Gasteiger partial charge in [-0.15, -0.1) is 0 Å². The summed E-state index contributed by atoms with van der Waals surface area (Å²) in [5, 5.41) is 22.5. The summed E-state index contributed by atoms with van der Waals surface area (Å²) >= 11 is 0. The van der Waals surface area contributed by atoms with E-state index in [1.54, 1.807) is 0 Å². The van der Waals surface area contributed by atoms with Crippen molar-refractivity contribution in [3.8, 4) is 0 Å². The number of fused-ring (bicyclic) bond motifs is 1. The van der Waals surface area contributed by atoms with Crippen molar-refractivity contribution in [2.45, 2.75) is 31.0 Å². The molecule has 0 amide bonds. The molecule has 0 spiro atoms. The molecule has 0 aromatic heterocycles. The zero-order chi connectivity index (χ0) is 7.90. The number of hydrogen-bond donors (Lipinski definition) is 3. The lowest BCUT2D eigenvalue weighted by Crippen LogP contribution is -2.51. The van der Waals surface area contributed by atoms with Gasteiger partial charge in [-0.05, 0) is 19.3 Å². The molecule has 1 aliphatic heterocycles. The number of aliphatic hydroxyl groups is 2. The average molecular weight is 155 g/mol. The fraction of sp³-hybridized carbons (Fsp3) is 0.750. The van der Waals surface area contributed by atoms with Crippen LogP contribution in [0.5, 0.6) is 0 Å². The second kappa shape index (κ2) is 2.22. The van der Waals surface area contributed by atoms with Crippen LogP contribution in [0.3, 0.4) is 0 Å². The second-order valence-corrected chi connectivity index (χ2v) is 3.31. The Bertz CT molecular complexity index is 202. The summed E-state index contributed by atoms with van der Waals surface area (Å²) in [5.74, 6) is 0. The maximum atomic E-state index is 9.90. The maximum Gasteiger partial charge on any atom is 0.130 e. The van der Waals surface area contributed by atoms with E-state index in [1.807, 2.05) is 6.08 Å². The molecule has 3 N–H and O–H groups in total. The summed E-state index contributed by atoms with van der Waals surface area (Å²) < 4.78 is 0. The predicted octanol–water partition coefficient (Wildman–Crippen LogP) is -0.251. The van der Waals surface area contributed by atoms with Gasteiger partial charge in [0.05, 0.1) is 6.10 Å². The van der Waals surface area contributed by atoms with E-state index in [0.29, 0.717) is 12.8 Å². The molecule has 1 fully saturated rings. The van der Waals surface area contributed by atoms with E-state index in [2.05, 4.69) is 5.32 Å². The number of rotatable bonds is 0. The average Bonchev–Trinajstić information content (AvgIpc) is 2.34. The minimum atomic E-state index is -0.946. The van der Waals surface area contributed by atoms with Gasteiger partial charge in [-0.25, -0.2) is 0 Å². The van der Waals surface area contributed by atoms with Crippen LogP contribution < -0.4 is 5.32 Å². The van der Waals surface area contributed by atoms with Crippen molar-refractivity contribution in [1.29, 1.82) is 0 Å². The van der Waals surface area contributed by atoms with Crippen molar-refractivity contribution < 1.29 is 10.2 Å². The molecule has 0 aromatic rings. The normalized spacial score (nSPS) is 42.7. The van der Waals surface area contributed by atoms with Crippen LogP contribution >= 0.6 is 0 Å². The first-order valence-electron chi connectivity index (χ1n) is 4.08. The largest absolute Gasteiger partial charge is 0.390 e. The monoisotopic (exact) mass is 155 g/mol. The van der Waals surface area contributed by atoms with Crippen LogP contribution in [0.15, 0.2) is 11.8 Å². The Kier molecular flexibility index (Phi) is 1.44. The molecule has 11 heavy (non-hydrogen) atoms. The molecule has 62 valence electrons. The van der Waals surface area contributed by atoms with E-state index >= 15 is 0 Å². The Hall–Kier alpha value is -0.540. The maximum absolute atomic E-state index is 9.90. The molecule has 1 heterocycles. The highest BCUT2D eigenvalue weighted by molar-refractivity contribution is 5.25. The Balaban J connectivity index is 2.27. The molecule has 2 aliphatic rings. The molecular weight excluding hydrogens is 142 g/mol. The fourth-order valence-electron chi connectivity index (χ4n) is 1.90. The number of piperidine rings is 1. The lowest BCUT2D eigenvalue weighted by Gasteiger charge is -2.36. The van der Waals surface area contributed by atoms with Gasteiger partial charge in [0.25, 0.3) is 0 Å². The Morgan fingerprint density at radius 2 is 2.45 bits per heavy atom. The van der Waals surface area contributed by atoms with Crippen molar-refractivity contribution >= 4 is 0 Å². The third-order valence-electron chi connectivity index (χ3n) is 2.62. The summed E-state index contributed by atoms with van der Waals surface area (Å²) in [7, 11) is 0. The van der Waals surface area contributed by atoms with Crippen LogP contribution in [0.25, 0.3) is 0 Å². The molecule has 2 rings (SSSR count).